The highest BCUT2D eigenvalue weighted by atomic mass is 16.6. The highest BCUT2D eigenvalue weighted by Gasteiger charge is 2.32. The van der Waals surface area contributed by atoms with E-state index in [1.165, 1.54) is 0 Å². The Kier molecular flexibility index (Phi) is 9.63. The molecule has 0 aromatic rings. The number of piperazine rings is 2. The molecule has 8 heteroatoms. The van der Waals surface area contributed by atoms with Gasteiger partial charge in [-0.3, -0.25) is 4.90 Å². The van der Waals surface area contributed by atoms with Crippen molar-refractivity contribution in [2.45, 2.75) is 105 Å². The van der Waals surface area contributed by atoms with Gasteiger partial charge >= 0.3 is 12.2 Å². The van der Waals surface area contributed by atoms with Crippen molar-refractivity contribution < 1.29 is 19.1 Å². The van der Waals surface area contributed by atoms with E-state index in [9.17, 15) is 9.59 Å². The first-order valence-corrected chi connectivity index (χ1v) is 11.4. The monoisotopic (exact) mass is 442 g/mol. The van der Waals surface area contributed by atoms with Gasteiger partial charge in [-0.25, -0.2) is 9.59 Å². The first kappa shape index (κ1) is 27.5. The summed E-state index contributed by atoms with van der Waals surface area (Å²) in [5.41, 5.74) is -0.818. The lowest BCUT2D eigenvalue weighted by Gasteiger charge is -2.42. The minimum Gasteiger partial charge on any atom is -0.444 e. The van der Waals surface area contributed by atoms with Crippen LogP contribution in [0.5, 0.6) is 0 Å². The van der Waals surface area contributed by atoms with Gasteiger partial charge in [0.05, 0.1) is 0 Å². The van der Waals surface area contributed by atoms with Crippen molar-refractivity contribution in [3.05, 3.63) is 0 Å². The quantitative estimate of drug-likeness (QED) is 0.618. The molecule has 0 bridgehead atoms. The molecule has 4 atom stereocenters. The summed E-state index contributed by atoms with van der Waals surface area (Å²) < 4.78 is 10.7. The number of carbonyl (C=O) groups is 2. The van der Waals surface area contributed by atoms with E-state index in [2.05, 4.69) is 45.0 Å². The van der Waals surface area contributed by atoms with Crippen LogP contribution < -0.4 is 5.32 Å². The number of ether oxygens (including phenoxy) is 2. The van der Waals surface area contributed by atoms with Crippen molar-refractivity contribution in [2.75, 3.05) is 33.2 Å². The molecule has 2 aliphatic rings. The van der Waals surface area contributed by atoms with Crippen LogP contribution in [0.4, 0.5) is 9.59 Å². The summed E-state index contributed by atoms with van der Waals surface area (Å²) in [4.78, 5) is 29.6. The largest absolute Gasteiger partial charge is 0.444 e. The molecule has 2 rings (SSSR count). The van der Waals surface area contributed by atoms with E-state index < -0.39 is 11.2 Å². The van der Waals surface area contributed by atoms with Crippen LogP contribution in [0.25, 0.3) is 0 Å². The molecule has 0 radical (unpaired) electrons. The van der Waals surface area contributed by atoms with Gasteiger partial charge in [0.1, 0.15) is 11.2 Å². The first-order chi connectivity index (χ1) is 14.0. The highest BCUT2D eigenvalue weighted by molar-refractivity contribution is 5.68. The minimum atomic E-state index is -0.410. The number of nitrogens with one attached hydrogen (secondary N) is 1. The molecule has 2 amide bonds. The summed E-state index contributed by atoms with van der Waals surface area (Å²) in [6.45, 7) is 22.7. The molecule has 2 heterocycles. The lowest BCUT2D eigenvalue weighted by Crippen LogP contribution is -2.57. The molecule has 8 nitrogen and oxygen atoms in total. The van der Waals surface area contributed by atoms with E-state index in [0.717, 1.165) is 26.2 Å². The normalized spacial score (nSPS) is 27.8. The Morgan fingerprint density at radius 1 is 0.710 bits per heavy atom. The first-order valence-electron chi connectivity index (χ1n) is 11.4. The lowest BCUT2D eigenvalue weighted by molar-refractivity contribution is -0.00142. The van der Waals surface area contributed by atoms with E-state index >= 15 is 0 Å². The van der Waals surface area contributed by atoms with Crippen LogP contribution in [0, 0.1) is 0 Å². The van der Waals surface area contributed by atoms with Crippen LogP contribution in [-0.4, -0.2) is 95.5 Å². The Labute approximate surface area is 189 Å². The number of amides is 2. The van der Waals surface area contributed by atoms with Gasteiger partial charge in [-0.1, -0.05) is 0 Å². The minimum absolute atomic E-state index is 0.195. The second kappa shape index (κ2) is 10.9. The fourth-order valence-electron chi connectivity index (χ4n) is 3.68. The zero-order valence-corrected chi connectivity index (χ0v) is 21.6. The molecule has 182 valence electrons. The van der Waals surface area contributed by atoms with Crippen molar-refractivity contribution in [2.24, 2.45) is 0 Å². The molecule has 0 spiro atoms. The van der Waals surface area contributed by atoms with Gasteiger partial charge in [0.2, 0.25) is 0 Å². The third kappa shape index (κ3) is 10.1. The summed E-state index contributed by atoms with van der Waals surface area (Å²) in [5, 5.41) is 3.38. The van der Waals surface area contributed by atoms with Gasteiger partial charge in [-0.2, -0.15) is 0 Å². The molecule has 31 heavy (non-hydrogen) atoms. The van der Waals surface area contributed by atoms with Crippen molar-refractivity contribution in [3.63, 3.8) is 0 Å². The molecule has 2 saturated heterocycles. The van der Waals surface area contributed by atoms with Gasteiger partial charge in [0, 0.05) is 50.3 Å². The number of hydrogen-bond acceptors (Lipinski definition) is 6. The second-order valence-corrected chi connectivity index (χ2v) is 11.1. The highest BCUT2D eigenvalue weighted by Crippen LogP contribution is 2.17. The fourth-order valence-corrected chi connectivity index (χ4v) is 3.68. The number of nitrogens with zero attached hydrogens (tertiary/aromatic N) is 3. The maximum Gasteiger partial charge on any atom is 0.410 e. The predicted molar refractivity (Wildman–Crippen MR) is 124 cm³/mol. The summed E-state index contributed by atoms with van der Waals surface area (Å²) in [5.74, 6) is 0. The van der Waals surface area contributed by atoms with Gasteiger partial charge < -0.3 is 24.6 Å². The van der Waals surface area contributed by atoms with E-state index in [-0.39, 0.29) is 12.2 Å². The number of carbonyl (C=O) groups excluding carboxylic acids is 2. The number of likely N-dealkylation sites (N-methyl/N-ethyl adjacent to an activating group) is 1. The Morgan fingerprint density at radius 3 is 1.35 bits per heavy atom. The van der Waals surface area contributed by atoms with Crippen LogP contribution in [0.15, 0.2) is 0 Å². The van der Waals surface area contributed by atoms with Gasteiger partial charge in [0.15, 0.2) is 0 Å². The van der Waals surface area contributed by atoms with Gasteiger partial charge in [-0.05, 0) is 76.3 Å². The second-order valence-electron chi connectivity index (χ2n) is 11.1. The molecule has 0 aromatic carbocycles. The van der Waals surface area contributed by atoms with Crippen LogP contribution in [0.3, 0.4) is 0 Å². The zero-order valence-electron chi connectivity index (χ0n) is 21.6. The topological polar surface area (TPSA) is 74.3 Å². The number of hydrogen-bond donors (Lipinski definition) is 1. The third-order valence-electron chi connectivity index (χ3n) is 5.22. The molecular weight excluding hydrogens is 396 g/mol. The molecule has 2 aliphatic heterocycles. The molecule has 2 fully saturated rings. The average molecular weight is 443 g/mol. The SMILES string of the molecule is CC1CN(C(=O)OC(C)(C)C)CC(C)N1.CC1CN(C(=O)OC(C)(C)C)CC(C)N1C. The predicted octanol–water partition coefficient (Wildman–Crippen LogP) is 3.55. The smallest absolute Gasteiger partial charge is 0.410 e. The lowest BCUT2D eigenvalue weighted by atomic mass is 10.1. The summed E-state index contributed by atoms with van der Waals surface area (Å²) in [7, 11) is 2.10. The van der Waals surface area contributed by atoms with Crippen molar-refractivity contribution in [1.82, 2.24) is 20.0 Å². The van der Waals surface area contributed by atoms with Crippen molar-refractivity contribution in [3.8, 4) is 0 Å². The number of rotatable bonds is 0. The maximum absolute atomic E-state index is 11.9. The third-order valence-corrected chi connectivity index (χ3v) is 5.22. The fraction of sp³-hybridized carbons (Fsp3) is 0.913. The Balaban J connectivity index is 0.000000311. The van der Waals surface area contributed by atoms with Crippen LogP contribution >= 0.6 is 0 Å². The summed E-state index contributed by atoms with van der Waals surface area (Å²) >= 11 is 0. The van der Waals surface area contributed by atoms with E-state index in [1.807, 2.05) is 41.5 Å². The summed E-state index contributed by atoms with van der Waals surface area (Å²) in [6, 6.07) is 1.44. The average Bonchev–Trinajstić information content (AvgIpc) is 2.56. The van der Waals surface area contributed by atoms with E-state index in [4.69, 9.17) is 9.47 Å². The van der Waals surface area contributed by atoms with Gasteiger partial charge in [0.25, 0.3) is 0 Å². The molecule has 1 N–H and O–H groups in total. The van der Waals surface area contributed by atoms with E-state index in [1.54, 1.807) is 9.80 Å². The Hall–Kier alpha value is -1.54. The molecular formula is C23H46N4O4. The summed E-state index contributed by atoms with van der Waals surface area (Å²) in [6.07, 6.45) is -0.401. The zero-order chi connectivity index (χ0) is 24.1. The molecule has 4 unspecified atom stereocenters. The van der Waals surface area contributed by atoms with E-state index in [0.29, 0.717) is 24.2 Å². The Morgan fingerprint density at radius 2 is 1.03 bits per heavy atom. The van der Waals surface area contributed by atoms with Gasteiger partial charge in [-0.15, -0.1) is 0 Å². The van der Waals surface area contributed by atoms with Crippen LogP contribution in [-0.2, 0) is 9.47 Å². The molecule has 0 aliphatic carbocycles. The molecule has 0 saturated carbocycles. The van der Waals surface area contributed by atoms with Crippen molar-refractivity contribution >= 4 is 12.2 Å². The van der Waals surface area contributed by atoms with Crippen LogP contribution in [0.2, 0.25) is 0 Å². The molecule has 0 aromatic heterocycles. The maximum atomic E-state index is 11.9. The van der Waals surface area contributed by atoms with Crippen LogP contribution in [0.1, 0.15) is 69.2 Å². The Bertz CT molecular complexity index is 577. The van der Waals surface area contributed by atoms with Crippen molar-refractivity contribution in [1.29, 1.82) is 0 Å². The standard InChI is InChI=1S/C12H24N2O2.C11H22N2O2/c1-9-7-14(8-10(2)13(9)6)11(15)16-12(3,4)5;1-8-6-13(7-9(2)12-8)10(14)15-11(3,4)5/h9-10H,7-8H2,1-6H3;8-9,12H,6-7H2,1-5H3.